The summed E-state index contributed by atoms with van der Waals surface area (Å²) >= 11 is 6.27. The lowest BCUT2D eigenvalue weighted by Gasteiger charge is -2.34. The van der Waals surface area contributed by atoms with E-state index in [2.05, 4.69) is 21.8 Å². The lowest BCUT2D eigenvalue weighted by atomic mass is 10.1. The van der Waals surface area contributed by atoms with E-state index in [0.717, 1.165) is 37.9 Å². The maximum absolute atomic E-state index is 12.7. The molecule has 1 fully saturated rings. The quantitative estimate of drug-likeness (QED) is 0.320. The van der Waals surface area contributed by atoms with Gasteiger partial charge < -0.3 is 9.80 Å². The minimum Gasteiger partial charge on any atom is -0.369 e. The van der Waals surface area contributed by atoms with Gasteiger partial charge in [-0.25, -0.2) is 10.5 Å². The number of amides is 1. The Morgan fingerprint density at radius 3 is 2.40 bits per heavy atom. The van der Waals surface area contributed by atoms with E-state index in [-0.39, 0.29) is 5.78 Å². The molecule has 0 radical (unpaired) electrons. The van der Waals surface area contributed by atoms with Crippen LogP contribution in [0, 0.1) is 0 Å². The summed E-state index contributed by atoms with van der Waals surface area (Å²) in [7, 11) is 2.09. The largest absolute Gasteiger partial charge is 0.369 e. The van der Waals surface area contributed by atoms with Crippen molar-refractivity contribution in [2.45, 2.75) is 0 Å². The number of benzene rings is 1. The van der Waals surface area contributed by atoms with Crippen molar-refractivity contribution in [1.29, 1.82) is 0 Å². The maximum atomic E-state index is 12.7. The first kappa shape index (κ1) is 21.7. The molecule has 2 heterocycles. The molecule has 3 rings (SSSR count). The maximum Gasteiger partial charge on any atom is 0.267 e. The van der Waals surface area contributed by atoms with Crippen molar-refractivity contribution >= 4 is 41.1 Å². The number of carbonyl (C=O) groups excluding carboxylic acids is 2. The van der Waals surface area contributed by atoms with Gasteiger partial charge in [-0.1, -0.05) is 17.7 Å². The Kier molecular flexibility index (Phi) is 7.35. The molecule has 30 heavy (non-hydrogen) atoms. The summed E-state index contributed by atoms with van der Waals surface area (Å²) in [6.07, 6.45) is 5.69. The van der Waals surface area contributed by atoms with Gasteiger partial charge in [-0.15, -0.1) is 0 Å². The number of hydrogen-bond donors (Lipinski definition) is 2. The molecule has 1 aliphatic rings. The Morgan fingerprint density at radius 2 is 1.73 bits per heavy atom. The molecule has 2 N–H and O–H groups in total. The van der Waals surface area contributed by atoms with Crippen LogP contribution in [0.1, 0.15) is 21.7 Å². The van der Waals surface area contributed by atoms with Crippen LogP contribution in [0.3, 0.4) is 0 Å². The summed E-state index contributed by atoms with van der Waals surface area (Å²) < 4.78 is 0. The van der Waals surface area contributed by atoms with Gasteiger partial charge in [0.25, 0.3) is 5.91 Å². The van der Waals surface area contributed by atoms with Crippen LogP contribution < -0.4 is 10.4 Å². The second-order valence-corrected chi connectivity index (χ2v) is 7.42. The zero-order valence-electron chi connectivity index (χ0n) is 16.6. The van der Waals surface area contributed by atoms with Gasteiger partial charge in [0.2, 0.25) is 0 Å². The summed E-state index contributed by atoms with van der Waals surface area (Å²) in [5.74, 6) is -0.819. The number of hydrogen-bond acceptors (Lipinski definition) is 6. The molecule has 0 atom stereocenters. The molecule has 2 aromatic rings. The van der Waals surface area contributed by atoms with Gasteiger partial charge in [-0.05, 0) is 55.6 Å². The fourth-order valence-corrected chi connectivity index (χ4v) is 3.30. The Balaban J connectivity index is 1.73. The minimum absolute atomic E-state index is 0.171. The van der Waals surface area contributed by atoms with Gasteiger partial charge in [0.1, 0.15) is 0 Å². The molecule has 7 nitrogen and oxygen atoms in total. The predicted octanol–water partition coefficient (Wildman–Crippen LogP) is 2.90. The number of nitrogens with zero attached hydrogens (tertiary/aromatic N) is 3. The Morgan fingerprint density at radius 1 is 1.07 bits per heavy atom. The number of hydroxylamine groups is 1. The highest BCUT2D eigenvalue weighted by molar-refractivity contribution is 6.31. The number of likely N-dealkylation sites (N-methyl/N-ethyl adjacent to an activating group) is 1. The van der Waals surface area contributed by atoms with Crippen molar-refractivity contribution in [1.82, 2.24) is 15.4 Å². The Labute approximate surface area is 180 Å². The third kappa shape index (κ3) is 6.00. The average molecular weight is 427 g/mol. The first-order valence-electron chi connectivity index (χ1n) is 9.50. The van der Waals surface area contributed by atoms with Crippen LogP contribution in [0.2, 0.25) is 5.02 Å². The first-order valence-corrected chi connectivity index (χ1v) is 9.88. The summed E-state index contributed by atoms with van der Waals surface area (Å²) in [4.78, 5) is 32.6. The zero-order valence-corrected chi connectivity index (χ0v) is 17.3. The Bertz CT molecular complexity index is 982. The lowest BCUT2D eigenvalue weighted by Crippen LogP contribution is -2.44. The number of carbonyl (C=O) groups is 2. The van der Waals surface area contributed by atoms with Crippen molar-refractivity contribution in [2.75, 3.05) is 38.1 Å². The average Bonchev–Trinajstić information content (AvgIpc) is 2.76. The van der Waals surface area contributed by atoms with Crippen LogP contribution in [0.5, 0.6) is 0 Å². The molecule has 0 saturated carbocycles. The van der Waals surface area contributed by atoms with Crippen molar-refractivity contribution in [2.24, 2.45) is 0 Å². The second-order valence-electron chi connectivity index (χ2n) is 6.98. The van der Waals surface area contributed by atoms with E-state index in [9.17, 15) is 9.59 Å². The van der Waals surface area contributed by atoms with Gasteiger partial charge in [-0.3, -0.25) is 14.8 Å². The summed E-state index contributed by atoms with van der Waals surface area (Å²) in [6.45, 7) is 3.70. The van der Waals surface area contributed by atoms with Crippen LogP contribution in [0.4, 0.5) is 5.69 Å². The van der Waals surface area contributed by atoms with Gasteiger partial charge >= 0.3 is 0 Å². The molecule has 1 amide bonds. The predicted molar refractivity (Wildman–Crippen MR) is 118 cm³/mol. The first-order chi connectivity index (χ1) is 14.4. The SMILES string of the molecule is CN1CCN(c2cc(Cl)cc(C(=O)C=Cc3cccc(C=CC(=O)NO)n3)c2)CC1. The molecule has 0 bridgehead atoms. The van der Waals surface area contributed by atoms with Gasteiger partial charge in [0.15, 0.2) is 5.78 Å². The number of rotatable bonds is 6. The summed E-state index contributed by atoms with van der Waals surface area (Å²) in [6, 6.07) is 10.6. The highest BCUT2D eigenvalue weighted by Crippen LogP contribution is 2.24. The van der Waals surface area contributed by atoms with Crippen LogP contribution >= 0.6 is 11.6 Å². The number of piperazine rings is 1. The fourth-order valence-electron chi connectivity index (χ4n) is 3.07. The molecule has 8 heteroatoms. The smallest absolute Gasteiger partial charge is 0.267 e. The number of pyridine rings is 1. The van der Waals surface area contributed by atoms with E-state index < -0.39 is 5.91 Å². The van der Waals surface area contributed by atoms with E-state index in [1.807, 2.05) is 12.1 Å². The molecule has 1 aromatic carbocycles. The highest BCUT2D eigenvalue weighted by atomic mass is 35.5. The number of ketones is 1. The zero-order chi connectivity index (χ0) is 21.5. The van der Waals surface area contributed by atoms with Crippen molar-refractivity contribution in [3.8, 4) is 0 Å². The third-order valence-electron chi connectivity index (χ3n) is 4.75. The molecule has 0 unspecified atom stereocenters. The third-order valence-corrected chi connectivity index (χ3v) is 4.97. The topological polar surface area (TPSA) is 85.8 Å². The fraction of sp³-hybridized carbons (Fsp3) is 0.227. The number of anilines is 1. The molecule has 0 spiro atoms. The highest BCUT2D eigenvalue weighted by Gasteiger charge is 2.16. The van der Waals surface area contributed by atoms with Gasteiger partial charge in [-0.2, -0.15) is 0 Å². The summed E-state index contributed by atoms with van der Waals surface area (Å²) in [5.41, 5.74) is 4.06. The molecule has 0 aliphatic carbocycles. The molecular weight excluding hydrogens is 404 g/mol. The standard InChI is InChI=1S/C22H23ClN4O3/c1-26-9-11-27(12-10-26)20-14-16(13-17(23)15-20)21(28)7-5-18-3-2-4-19(24-18)6-8-22(29)25-30/h2-8,13-15,30H,9-12H2,1H3,(H,25,29). The van der Waals surface area contributed by atoms with E-state index in [1.54, 1.807) is 30.3 Å². The number of allylic oxidation sites excluding steroid dienone is 1. The van der Waals surface area contributed by atoms with Crippen molar-refractivity contribution in [3.05, 3.63) is 70.5 Å². The van der Waals surface area contributed by atoms with Crippen molar-refractivity contribution in [3.63, 3.8) is 0 Å². The number of aromatic nitrogens is 1. The normalized spacial score (nSPS) is 15.1. The van der Waals surface area contributed by atoms with E-state index in [4.69, 9.17) is 16.8 Å². The molecule has 1 aliphatic heterocycles. The van der Waals surface area contributed by atoms with Gasteiger partial charge in [0, 0.05) is 48.5 Å². The van der Waals surface area contributed by atoms with Gasteiger partial charge in [0.05, 0.1) is 11.4 Å². The Hall–Kier alpha value is -3.00. The lowest BCUT2D eigenvalue weighted by molar-refractivity contribution is -0.124. The van der Waals surface area contributed by atoms with Crippen LogP contribution in [0.15, 0.2) is 48.6 Å². The van der Waals surface area contributed by atoms with Crippen LogP contribution in [0.25, 0.3) is 12.2 Å². The molecule has 1 aromatic heterocycles. The van der Waals surface area contributed by atoms with Crippen LogP contribution in [-0.2, 0) is 4.79 Å². The second kappa shape index (κ2) is 10.2. The molecule has 156 valence electrons. The molecular formula is C22H23ClN4O3. The monoisotopic (exact) mass is 426 g/mol. The van der Waals surface area contributed by atoms with Crippen LogP contribution in [-0.4, -0.2) is 60.0 Å². The number of nitrogens with one attached hydrogen (secondary N) is 1. The van der Waals surface area contributed by atoms with Crippen molar-refractivity contribution < 1.29 is 14.8 Å². The van der Waals surface area contributed by atoms with E-state index >= 15 is 0 Å². The van der Waals surface area contributed by atoms with E-state index in [0.29, 0.717) is 22.0 Å². The van der Waals surface area contributed by atoms with E-state index in [1.165, 1.54) is 17.6 Å². The summed E-state index contributed by atoms with van der Waals surface area (Å²) in [5, 5.41) is 9.04. The number of halogens is 1. The minimum atomic E-state index is -0.648. The molecule has 1 saturated heterocycles.